The Labute approximate surface area is 119 Å². The van der Waals surface area contributed by atoms with Crippen LogP contribution in [-0.2, 0) is 14.8 Å². The fourth-order valence-corrected chi connectivity index (χ4v) is 3.63. The average molecular weight is 300 g/mol. The Morgan fingerprint density at radius 2 is 2.05 bits per heavy atom. The molecule has 1 saturated heterocycles. The lowest BCUT2D eigenvalue weighted by molar-refractivity contribution is 0.115. The number of hydrogen-bond acceptors (Lipinski definition) is 5. The van der Waals surface area contributed by atoms with Crippen LogP contribution in [0.4, 0.5) is 0 Å². The Morgan fingerprint density at radius 1 is 1.35 bits per heavy atom. The summed E-state index contributed by atoms with van der Waals surface area (Å²) in [4.78, 5) is 0.273. The maximum absolute atomic E-state index is 12.4. The Kier molecular flexibility index (Phi) is 4.98. The Morgan fingerprint density at radius 3 is 2.60 bits per heavy atom. The molecule has 0 bridgehead atoms. The van der Waals surface area contributed by atoms with E-state index in [9.17, 15) is 8.42 Å². The highest BCUT2D eigenvalue weighted by molar-refractivity contribution is 7.89. The minimum atomic E-state index is -3.45. The van der Waals surface area contributed by atoms with Crippen LogP contribution in [-0.4, -0.2) is 52.2 Å². The number of rotatable bonds is 6. The van der Waals surface area contributed by atoms with Crippen molar-refractivity contribution in [3.05, 3.63) is 24.3 Å². The van der Waals surface area contributed by atoms with Gasteiger partial charge in [0, 0.05) is 26.7 Å². The van der Waals surface area contributed by atoms with Gasteiger partial charge in [0.25, 0.3) is 0 Å². The topological polar surface area (TPSA) is 81.9 Å². The van der Waals surface area contributed by atoms with Crippen LogP contribution in [0.25, 0.3) is 0 Å². The van der Waals surface area contributed by atoms with E-state index in [-0.39, 0.29) is 11.0 Å². The average Bonchev–Trinajstić information content (AvgIpc) is 2.95. The molecule has 0 radical (unpaired) electrons. The van der Waals surface area contributed by atoms with Gasteiger partial charge in [-0.15, -0.1) is 0 Å². The molecule has 7 heteroatoms. The van der Waals surface area contributed by atoms with E-state index in [2.05, 4.69) is 0 Å². The fraction of sp³-hybridized carbons (Fsp3) is 0.538. The standard InChI is InChI=1S/C13H20N2O4S/c1-18-12-6-8-15(10-12)20(16,17)13-4-2-11(3-5-13)19-9-7-14/h2-5,12H,6-10,14H2,1H3. The molecular formula is C13H20N2O4S. The molecule has 1 aromatic carbocycles. The van der Waals surface area contributed by atoms with Crippen molar-refractivity contribution in [2.24, 2.45) is 5.73 Å². The number of hydrogen-bond donors (Lipinski definition) is 1. The molecule has 0 spiro atoms. The predicted octanol–water partition coefficient (Wildman–Crippen LogP) is 0.434. The van der Waals surface area contributed by atoms with E-state index in [1.165, 1.54) is 4.31 Å². The van der Waals surface area contributed by atoms with E-state index in [0.29, 0.717) is 32.0 Å². The maximum atomic E-state index is 12.4. The second kappa shape index (κ2) is 6.53. The van der Waals surface area contributed by atoms with Gasteiger partial charge in [0.05, 0.1) is 11.0 Å². The molecule has 0 aliphatic carbocycles. The van der Waals surface area contributed by atoms with Gasteiger partial charge in [-0.2, -0.15) is 4.31 Å². The van der Waals surface area contributed by atoms with Gasteiger partial charge >= 0.3 is 0 Å². The van der Waals surface area contributed by atoms with Crippen molar-refractivity contribution in [3.8, 4) is 5.75 Å². The second-order valence-corrected chi connectivity index (χ2v) is 6.56. The van der Waals surface area contributed by atoms with Crippen LogP contribution in [0.1, 0.15) is 6.42 Å². The molecule has 0 amide bonds. The van der Waals surface area contributed by atoms with Crippen LogP contribution in [0.15, 0.2) is 29.2 Å². The van der Waals surface area contributed by atoms with E-state index in [0.717, 1.165) is 6.42 Å². The largest absolute Gasteiger partial charge is 0.492 e. The summed E-state index contributed by atoms with van der Waals surface area (Å²) in [6.45, 7) is 1.73. The van der Waals surface area contributed by atoms with Crippen molar-refractivity contribution in [1.82, 2.24) is 4.31 Å². The maximum Gasteiger partial charge on any atom is 0.243 e. The first-order valence-electron chi connectivity index (χ1n) is 6.54. The van der Waals surface area contributed by atoms with Gasteiger partial charge in [0.15, 0.2) is 0 Å². The fourth-order valence-electron chi connectivity index (χ4n) is 2.14. The summed E-state index contributed by atoms with van der Waals surface area (Å²) < 4.78 is 36.8. The highest BCUT2D eigenvalue weighted by atomic mass is 32.2. The molecule has 2 rings (SSSR count). The number of methoxy groups -OCH3 is 1. The molecule has 0 aromatic heterocycles. The smallest absolute Gasteiger partial charge is 0.243 e. The minimum absolute atomic E-state index is 0.0167. The van der Waals surface area contributed by atoms with Gasteiger partial charge in [-0.25, -0.2) is 8.42 Å². The van der Waals surface area contributed by atoms with Crippen LogP contribution in [0.3, 0.4) is 0 Å². The molecule has 6 nitrogen and oxygen atoms in total. The monoisotopic (exact) mass is 300 g/mol. The SMILES string of the molecule is COC1CCN(S(=O)(=O)c2ccc(OCCN)cc2)C1. The van der Waals surface area contributed by atoms with Crippen LogP contribution in [0, 0.1) is 0 Å². The number of ether oxygens (including phenoxy) is 2. The van der Waals surface area contributed by atoms with Gasteiger partial charge in [-0.05, 0) is 30.7 Å². The summed E-state index contributed by atoms with van der Waals surface area (Å²) in [5, 5.41) is 0. The summed E-state index contributed by atoms with van der Waals surface area (Å²) in [6, 6.07) is 6.40. The highest BCUT2D eigenvalue weighted by Gasteiger charge is 2.32. The van der Waals surface area contributed by atoms with E-state index < -0.39 is 10.0 Å². The second-order valence-electron chi connectivity index (χ2n) is 4.62. The van der Waals surface area contributed by atoms with Crippen molar-refractivity contribution < 1.29 is 17.9 Å². The molecule has 20 heavy (non-hydrogen) atoms. The summed E-state index contributed by atoms with van der Waals surface area (Å²) in [6.07, 6.45) is 0.713. The summed E-state index contributed by atoms with van der Waals surface area (Å²) in [7, 11) is -1.84. The van der Waals surface area contributed by atoms with E-state index in [4.69, 9.17) is 15.2 Å². The third-order valence-electron chi connectivity index (χ3n) is 3.29. The molecule has 2 N–H and O–H groups in total. The van der Waals surface area contributed by atoms with Gasteiger partial charge in [0.1, 0.15) is 12.4 Å². The summed E-state index contributed by atoms with van der Waals surface area (Å²) in [5.74, 6) is 0.616. The molecule has 1 aliphatic heterocycles. The molecule has 1 aliphatic rings. The van der Waals surface area contributed by atoms with E-state index in [1.807, 2.05) is 0 Å². The number of benzene rings is 1. The Balaban J connectivity index is 2.10. The lowest BCUT2D eigenvalue weighted by Gasteiger charge is -2.16. The van der Waals surface area contributed by atoms with Crippen LogP contribution < -0.4 is 10.5 Å². The van der Waals surface area contributed by atoms with Crippen molar-refractivity contribution in [1.29, 1.82) is 0 Å². The third kappa shape index (κ3) is 3.29. The summed E-state index contributed by atoms with van der Waals surface area (Å²) in [5.41, 5.74) is 5.34. The van der Waals surface area contributed by atoms with Crippen LogP contribution >= 0.6 is 0 Å². The molecule has 0 saturated carbocycles. The molecule has 1 fully saturated rings. The molecule has 1 atom stereocenters. The zero-order valence-corrected chi connectivity index (χ0v) is 12.3. The lowest BCUT2D eigenvalue weighted by atomic mass is 10.3. The Bertz CT molecular complexity index is 530. The van der Waals surface area contributed by atoms with E-state index in [1.54, 1.807) is 31.4 Å². The highest BCUT2D eigenvalue weighted by Crippen LogP contribution is 2.23. The molecule has 112 valence electrons. The van der Waals surface area contributed by atoms with Crippen LogP contribution in [0.2, 0.25) is 0 Å². The quantitative estimate of drug-likeness (QED) is 0.824. The minimum Gasteiger partial charge on any atom is -0.492 e. The number of sulfonamides is 1. The summed E-state index contributed by atoms with van der Waals surface area (Å²) >= 11 is 0. The number of nitrogens with two attached hydrogens (primary N) is 1. The van der Waals surface area contributed by atoms with Gasteiger partial charge in [0.2, 0.25) is 10.0 Å². The first-order chi connectivity index (χ1) is 9.57. The third-order valence-corrected chi connectivity index (χ3v) is 5.17. The van der Waals surface area contributed by atoms with Gasteiger partial charge in [-0.1, -0.05) is 0 Å². The van der Waals surface area contributed by atoms with Crippen molar-refractivity contribution >= 4 is 10.0 Å². The van der Waals surface area contributed by atoms with E-state index >= 15 is 0 Å². The van der Waals surface area contributed by atoms with Crippen LogP contribution in [0.5, 0.6) is 5.75 Å². The van der Waals surface area contributed by atoms with Crippen molar-refractivity contribution in [2.45, 2.75) is 17.4 Å². The normalized spacial score (nSPS) is 20.2. The molecule has 1 unspecified atom stereocenters. The zero-order valence-electron chi connectivity index (χ0n) is 11.5. The predicted molar refractivity (Wildman–Crippen MR) is 75.2 cm³/mol. The zero-order chi connectivity index (χ0) is 14.6. The molecule has 1 heterocycles. The molecule has 1 aromatic rings. The van der Waals surface area contributed by atoms with Crippen molar-refractivity contribution in [2.75, 3.05) is 33.4 Å². The molecular weight excluding hydrogens is 280 g/mol. The number of nitrogens with zero attached hydrogens (tertiary/aromatic N) is 1. The first-order valence-corrected chi connectivity index (χ1v) is 7.98. The van der Waals surface area contributed by atoms with Gasteiger partial charge < -0.3 is 15.2 Å². The van der Waals surface area contributed by atoms with Crippen molar-refractivity contribution in [3.63, 3.8) is 0 Å². The van der Waals surface area contributed by atoms with Gasteiger partial charge in [-0.3, -0.25) is 0 Å². The first kappa shape index (κ1) is 15.2. The lowest BCUT2D eigenvalue weighted by Crippen LogP contribution is -2.30. The Hall–Kier alpha value is -1.15.